The van der Waals surface area contributed by atoms with Gasteiger partial charge in [0.15, 0.2) is 0 Å². The van der Waals surface area contributed by atoms with E-state index in [1.165, 1.54) is 0 Å². The van der Waals surface area contributed by atoms with Crippen molar-refractivity contribution in [1.29, 1.82) is 0 Å². The molecule has 0 bridgehead atoms. The van der Waals surface area contributed by atoms with Crippen LogP contribution in [0, 0.1) is 0 Å². The van der Waals surface area contributed by atoms with Crippen molar-refractivity contribution >= 4 is 5.95 Å². The molecular formula is C14H18N4O. The summed E-state index contributed by atoms with van der Waals surface area (Å²) in [5.41, 5.74) is 1.13. The summed E-state index contributed by atoms with van der Waals surface area (Å²) < 4.78 is 5.70. The Labute approximate surface area is 113 Å². The first-order chi connectivity index (χ1) is 9.28. The quantitative estimate of drug-likeness (QED) is 0.861. The third-order valence-corrected chi connectivity index (χ3v) is 2.63. The molecule has 0 amide bonds. The summed E-state index contributed by atoms with van der Waals surface area (Å²) in [6, 6.07) is 3.73. The Morgan fingerprint density at radius 1 is 1.26 bits per heavy atom. The molecule has 5 nitrogen and oxygen atoms in total. The van der Waals surface area contributed by atoms with E-state index in [4.69, 9.17) is 4.74 Å². The number of aromatic nitrogens is 3. The number of aryl methyl sites for hydroxylation is 1. The maximum atomic E-state index is 5.70. The van der Waals surface area contributed by atoms with Crippen LogP contribution in [0.2, 0.25) is 0 Å². The van der Waals surface area contributed by atoms with Crippen LogP contribution >= 0.6 is 0 Å². The highest BCUT2D eigenvalue weighted by Crippen LogP contribution is 2.09. The zero-order valence-corrected chi connectivity index (χ0v) is 11.2. The second-order valence-corrected chi connectivity index (χ2v) is 4.27. The lowest BCUT2D eigenvalue weighted by Gasteiger charge is -2.15. The molecular weight excluding hydrogens is 240 g/mol. The molecule has 0 spiro atoms. The predicted molar refractivity (Wildman–Crippen MR) is 74.2 cm³/mol. The average molecular weight is 258 g/mol. The van der Waals surface area contributed by atoms with Crippen molar-refractivity contribution in [3.8, 4) is 5.75 Å². The van der Waals surface area contributed by atoms with Crippen LogP contribution in [0.4, 0.5) is 5.95 Å². The Hall–Kier alpha value is -2.17. The number of nitrogens with one attached hydrogen (secondary N) is 1. The van der Waals surface area contributed by atoms with Crippen molar-refractivity contribution < 1.29 is 4.74 Å². The summed E-state index contributed by atoms with van der Waals surface area (Å²) in [7, 11) is 0. The molecule has 5 heteroatoms. The number of rotatable bonds is 6. The van der Waals surface area contributed by atoms with Crippen LogP contribution in [0.5, 0.6) is 5.75 Å². The van der Waals surface area contributed by atoms with E-state index in [1.807, 2.05) is 31.5 Å². The van der Waals surface area contributed by atoms with Crippen molar-refractivity contribution in [2.24, 2.45) is 0 Å². The normalized spacial score (nSPS) is 11.9. The Bertz CT molecular complexity index is 487. The molecule has 2 aromatic heterocycles. The average Bonchev–Trinajstić information content (AvgIpc) is 2.47. The van der Waals surface area contributed by atoms with E-state index in [0.29, 0.717) is 12.5 Å². The van der Waals surface area contributed by atoms with Crippen molar-refractivity contribution in [3.63, 3.8) is 0 Å². The Morgan fingerprint density at radius 2 is 2.05 bits per heavy atom. The highest BCUT2D eigenvalue weighted by atomic mass is 16.5. The minimum Gasteiger partial charge on any atom is -0.487 e. The van der Waals surface area contributed by atoms with Crippen molar-refractivity contribution in [2.45, 2.75) is 26.4 Å². The molecule has 2 heterocycles. The van der Waals surface area contributed by atoms with Gasteiger partial charge in [0.25, 0.3) is 0 Å². The van der Waals surface area contributed by atoms with Gasteiger partial charge >= 0.3 is 0 Å². The fraction of sp³-hybridized carbons (Fsp3) is 0.357. The van der Waals surface area contributed by atoms with Gasteiger partial charge in [0.1, 0.15) is 11.9 Å². The van der Waals surface area contributed by atoms with Gasteiger partial charge in [-0.15, -0.1) is 0 Å². The fourth-order valence-electron chi connectivity index (χ4n) is 1.55. The minimum absolute atomic E-state index is 0.0126. The molecule has 0 saturated carbocycles. The van der Waals surface area contributed by atoms with E-state index in [-0.39, 0.29) is 6.10 Å². The van der Waals surface area contributed by atoms with Crippen LogP contribution in [0.25, 0.3) is 0 Å². The molecule has 0 fully saturated rings. The van der Waals surface area contributed by atoms with Gasteiger partial charge in [-0.3, -0.25) is 4.98 Å². The first kappa shape index (κ1) is 13.3. The Balaban J connectivity index is 1.81. The van der Waals surface area contributed by atoms with Gasteiger partial charge in [-0.1, -0.05) is 6.92 Å². The molecule has 0 aromatic carbocycles. The molecule has 0 aliphatic heterocycles. The number of ether oxygens (including phenoxy) is 1. The van der Waals surface area contributed by atoms with E-state index in [2.05, 4.69) is 27.2 Å². The highest BCUT2D eigenvalue weighted by molar-refractivity contribution is 5.25. The van der Waals surface area contributed by atoms with Crippen LogP contribution < -0.4 is 10.1 Å². The molecule has 0 aliphatic carbocycles. The molecule has 2 aromatic rings. The lowest BCUT2D eigenvalue weighted by Crippen LogP contribution is -2.23. The molecule has 1 atom stereocenters. The first-order valence-corrected chi connectivity index (χ1v) is 6.39. The number of anilines is 1. The predicted octanol–water partition coefficient (Wildman–Crippen LogP) is 2.31. The lowest BCUT2D eigenvalue weighted by atomic mass is 10.3. The first-order valence-electron chi connectivity index (χ1n) is 6.39. The molecule has 0 unspecified atom stereocenters. The van der Waals surface area contributed by atoms with Gasteiger partial charge in [0.05, 0.1) is 12.7 Å². The summed E-state index contributed by atoms with van der Waals surface area (Å²) in [5.74, 6) is 1.39. The molecule has 19 heavy (non-hydrogen) atoms. The van der Waals surface area contributed by atoms with Gasteiger partial charge < -0.3 is 10.1 Å². The second-order valence-electron chi connectivity index (χ2n) is 4.27. The van der Waals surface area contributed by atoms with Gasteiger partial charge in [-0.2, -0.15) is 0 Å². The lowest BCUT2D eigenvalue weighted by molar-refractivity contribution is 0.233. The van der Waals surface area contributed by atoms with Crippen molar-refractivity contribution in [2.75, 3.05) is 11.9 Å². The third kappa shape index (κ3) is 4.21. The molecule has 2 rings (SSSR count). The zero-order chi connectivity index (χ0) is 13.5. The largest absolute Gasteiger partial charge is 0.487 e. The van der Waals surface area contributed by atoms with Crippen LogP contribution in [0.3, 0.4) is 0 Å². The summed E-state index contributed by atoms with van der Waals surface area (Å²) >= 11 is 0. The van der Waals surface area contributed by atoms with Crippen molar-refractivity contribution in [3.05, 3.63) is 42.5 Å². The number of hydrogen-bond donors (Lipinski definition) is 1. The van der Waals surface area contributed by atoms with Crippen LogP contribution in [0.1, 0.15) is 19.4 Å². The van der Waals surface area contributed by atoms with Crippen LogP contribution in [-0.4, -0.2) is 27.6 Å². The fourth-order valence-corrected chi connectivity index (χ4v) is 1.55. The van der Waals surface area contributed by atoms with E-state index < -0.39 is 0 Å². The monoisotopic (exact) mass is 258 g/mol. The molecule has 1 N–H and O–H groups in total. The van der Waals surface area contributed by atoms with Gasteiger partial charge in [-0.05, 0) is 31.0 Å². The molecule has 0 aliphatic rings. The number of hydrogen-bond acceptors (Lipinski definition) is 5. The van der Waals surface area contributed by atoms with Gasteiger partial charge in [0, 0.05) is 18.6 Å². The van der Waals surface area contributed by atoms with Crippen molar-refractivity contribution in [1.82, 2.24) is 15.0 Å². The molecule has 0 saturated heterocycles. The number of nitrogens with zero attached hydrogens (tertiary/aromatic N) is 3. The molecule has 100 valence electrons. The van der Waals surface area contributed by atoms with Crippen LogP contribution in [0.15, 0.2) is 36.9 Å². The highest BCUT2D eigenvalue weighted by Gasteiger charge is 2.05. The van der Waals surface area contributed by atoms with E-state index in [1.54, 1.807) is 12.4 Å². The minimum atomic E-state index is 0.0126. The van der Waals surface area contributed by atoms with Gasteiger partial charge in [0.2, 0.25) is 5.95 Å². The number of pyridine rings is 1. The second kappa shape index (κ2) is 6.68. The summed E-state index contributed by atoms with van der Waals surface area (Å²) in [5, 5.41) is 3.15. The Kier molecular flexibility index (Phi) is 4.66. The summed E-state index contributed by atoms with van der Waals surface area (Å²) in [6.45, 7) is 4.70. The maximum Gasteiger partial charge on any atom is 0.222 e. The topological polar surface area (TPSA) is 59.9 Å². The maximum absolute atomic E-state index is 5.70. The standard InChI is InChI=1S/C14H18N4O/c1-3-12-8-17-14(18-9-12)16-7-11(2)19-13-5-4-6-15-10-13/h4-6,8-11H,3,7H2,1-2H3,(H,16,17,18)/t11-/m1/s1. The Morgan fingerprint density at radius 3 is 2.68 bits per heavy atom. The van der Waals surface area contributed by atoms with E-state index in [0.717, 1.165) is 17.7 Å². The van der Waals surface area contributed by atoms with E-state index in [9.17, 15) is 0 Å². The summed E-state index contributed by atoms with van der Waals surface area (Å²) in [4.78, 5) is 12.5. The van der Waals surface area contributed by atoms with Gasteiger partial charge in [-0.25, -0.2) is 9.97 Å². The van der Waals surface area contributed by atoms with Crippen LogP contribution in [-0.2, 0) is 6.42 Å². The zero-order valence-electron chi connectivity index (χ0n) is 11.2. The van der Waals surface area contributed by atoms with E-state index >= 15 is 0 Å². The SMILES string of the molecule is CCc1cnc(NC[C@@H](C)Oc2cccnc2)nc1. The molecule has 0 radical (unpaired) electrons. The smallest absolute Gasteiger partial charge is 0.222 e. The summed E-state index contributed by atoms with van der Waals surface area (Å²) in [6.07, 6.45) is 8.05. The third-order valence-electron chi connectivity index (χ3n) is 2.63.